The molecule has 29 heavy (non-hydrogen) atoms. The largest absolute Gasteiger partial charge is 0.491 e. The zero-order chi connectivity index (χ0) is 20.1. The van der Waals surface area contributed by atoms with Gasteiger partial charge in [-0.2, -0.15) is 0 Å². The first-order chi connectivity index (χ1) is 14.0. The van der Waals surface area contributed by atoms with Gasteiger partial charge in [-0.3, -0.25) is 14.8 Å². The van der Waals surface area contributed by atoms with Crippen LogP contribution in [0.25, 0.3) is 5.65 Å². The molecule has 0 unspecified atom stereocenters. The summed E-state index contributed by atoms with van der Waals surface area (Å²) >= 11 is 0. The van der Waals surface area contributed by atoms with Crippen LogP contribution in [0.5, 0.6) is 5.75 Å². The minimum Gasteiger partial charge on any atom is -0.491 e. The fraction of sp³-hybridized carbons (Fsp3) is 0.478. The third-order valence-electron chi connectivity index (χ3n) is 6.22. The first kappa shape index (κ1) is 18.4. The van der Waals surface area contributed by atoms with Crippen molar-refractivity contribution in [3.63, 3.8) is 0 Å². The van der Waals surface area contributed by atoms with E-state index in [2.05, 4.69) is 34.3 Å². The normalized spacial score (nSPS) is 21.5. The van der Waals surface area contributed by atoms with Gasteiger partial charge in [-0.15, -0.1) is 0 Å². The number of hydrogen-bond donors (Lipinski definition) is 1. The van der Waals surface area contributed by atoms with Crippen LogP contribution in [-0.4, -0.2) is 37.7 Å². The second-order valence-corrected chi connectivity index (χ2v) is 8.75. The monoisotopic (exact) mass is 392 g/mol. The molecule has 0 spiro atoms. The molecule has 1 aromatic carbocycles. The molecule has 152 valence electrons. The first-order valence-electron chi connectivity index (χ1n) is 10.6. The first-order valence-corrected chi connectivity index (χ1v) is 10.6. The highest BCUT2D eigenvalue weighted by Gasteiger charge is 2.38. The summed E-state index contributed by atoms with van der Waals surface area (Å²) in [4.78, 5) is 20.5. The molecule has 0 aliphatic carbocycles. The Morgan fingerprint density at radius 1 is 1.17 bits per heavy atom. The molecule has 1 saturated heterocycles. The van der Waals surface area contributed by atoms with E-state index in [9.17, 15) is 4.79 Å². The van der Waals surface area contributed by atoms with E-state index in [1.165, 1.54) is 12.0 Å². The van der Waals surface area contributed by atoms with Crippen LogP contribution < -0.4 is 10.3 Å². The summed E-state index contributed by atoms with van der Waals surface area (Å²) in [5.74, 6) is 0.914. The van der Waals surface area contributed by atoms with Crippen LogP contribution in [0.4, 0.5) is 0 Å². The van der Waals surface area contributed by atoms with Gasteiger partial charge in [-0.05, 0) is 57.7 Å². The third-order valence-corrected chi connectivity index (χ3v) is 6.22. The van der Waals surface area contributed by atoms with Gasteiger partial charge in [0.15, 0.2) is 5.65 Å². The Hall–Kier alpha value is -2.60. The Kier molecular flexibility index (Phi) is 4.46. The van der Waals surface area contributed by atoms with Crippen LogP contribution in [-0.2, 0) is 19.4 Å². The molecule has 2 atom stereocenters. The number of H-pyrrole nitrogens is 1. The van der Waals surface area contributed by atoms with E-state index in [1.807, 2.05) is 26.8 Å². The molecule has 2 aromatic heterocycles. The van der Waals surface area contributed by atoms with E-state index in [4.69, 9.17) is 9.72 Å². The maximum atomic E-state index is 13.1. The van der Waals surface area contributed by atoms with Gasteiger partial charge in [-0.1, -0.05) is 12.1 Å². The minimum absolute atomic E-state index is 0.0702. The van der Waals surface area contributed by atoms with E-state index >= 15 is 0 Å². The van der Waals surface area contributed by atoms with Gasteiger partial charge in [-0.25, -0.2) is 9.50 Å². The van der Waals surface area contributed by atoms with Crippen molar-refractivity contribution in [2.45, 2.75) is 71.2 Å². The van der Waals surface area contributed by atoms with E-state index in [0.29, 0.717) is 12.1 Å². The van der Waals surface area contributed by atoms with E-state index < -0.39 is 0 Å². The molecule has 0 saturated carbocycles. The Labute approximate surface area is 170 Å². The summed E-state index contributed by atoms with van der Waals surface area (Å²) in [5, 5.41) is 3.13. The number of nitrogens with one attached hydrogen (secondary N) is 1. The highest BCUT2D eigenvalue weighted by atomic mass is 16.5. The number of aromatic nitrogens is 3. The maximum absolute atomic E-state index is 13.1. The lowest BCUT2D eigenvalue weighted by molar-refractivity contribution is 0.187. The van der Waals surface area contributed by atoms with Gasteiger partial charge in [0.1, 0.15) is 5.75 Å². The topological polar surface area (TPSA) is 62.6 Å². The molecule has 5 rings (SSSR count). The quantitative estimate of drug-likeness (QED) is 0.740. The lowest BCUT2D eigenvalue weighted by Crippen LogP contribution is -2.36. The predicted octanol–water partition coefficient (Wildman–Crippen LogP) is 3.25. The van der Waals surface area contributed by atoms with Gasteiger partial charge in [0.2, 0.25) is 0 Å². The summed E-state index contributed by atoms with van der Waals surface area (Å²) in [6.45, 7) is 6.95. The lowest BCUT2D eigenvalue weighted by Gasteiger charge is -2.28. The summed E-state index contributed by atoms with van der Waals surface area (Å²) < 4.78 is 7.37. The average molecular weight is 393 g/mol. The Morgan fingerprint density at radius 2 is 1.90 bits per heavy atom. The number of benzene rings is 1. The molecule has 0 amide bonds. The zero-order valence-electron chi connectivity index (χ0n) is 17.3. The summed E-state index contributed by atoms with van der Waals surface area (Å²) in [6, 6.07) is 11.2. The second-order valence-electron chi connectivity index (χ2n) is 8.75. The van der Waals surface area contributed by atoms with Crippen LogP contribution in [0.3, 0.4) is 0 Å². The fourth-order valence-electron chi connectivity index (χ4n) is 4.93. The van der Waals surface area contributed by atoms with Crippen molar-refractivity contribution >= 4 is 5.65 Å². The summed E-state index contributed by atoms with van der Waals surface area (Å²) in [7, 11) is 0. The summed E-state index contributed by atoms with van der Waals surface area (Å²) in [6.07, 6.45) is 4.14. The smallest absolute Gasteiger partial charge is 0.276 e. The lowest BCUT2D eigenvalue weighted by atomic mass is 9.98. The number of ether oxygens (including phenoxy) is 1. The molecular formula is C23H28N4O2. The van der Waals surface area contributed by atoms with Crippen LogP contribution in [0, 0.1) is 6.92 Å². The van der Waals surface area contributed by atoms with E-state index in [-0.39, 0.29) is 11.7 Å². The standard InChI is InChI=1S/C23H28N4O2/c1-14(2)29-19-8-4-16(5-9-19)13-26-17-6-7-18(26)12-21-20(11-17)23(28)27-22(24-21)10-15(3)25-27/h4-5,8-10,14,17-18,25H,6-7,11-13H2,1-3H3/t17-,18+/m0/s1. The van der Waals surface area contributed by atoms with Crippen LogP contribution >= 0.6 is 0 Å². The molecule has 6 nitrogen and oxygen atoms in total. The van der Waals surface area contributed by atoms with Crippen LogP contribution in [0.2, 0.25) is 0 Å². The molecule has 0 radical (unpaired) electrons. The van der Waals surface area contributed by atoms with Crippen molar-refractivity contribution in [1.29, 1.82) is 0 Å². The van der Waals surface area contributed by atoms with E-state index in [0.717, 1.165) is 54.2 Å². The fourth-order valence-corrected chi connectivity index (χ4v) is 4.93. The Morgan fingerprint density at radius 3 is 2.62 bits per heavy atom. The highest BCUT2D eigenvalue weighted by molar-refractivity contribution is 5.42. The molecule has 1 fully saturated rings. The predicted molar refractivity (Wildman–Crippen MR) is 113 cm³/mol. The van der Waals surface area contributed by atoms with Gasteiger partial charge < -0.3 is 4.74 Å². The van der Waals surface area contributed by atoms with Crippen molar-refractivity contribution in [1.82, 2.24) is 19.5 Å². The molecule has 3 aromatic rings. The van der Waals surface area contributed by atoms with Crippen LogP contribution in [0.15, 0.2) is 35.1 Å². The van der Waals surface area contributed by atoms with Crippen LogP contribution in [0.1, 0.15) is 49.2 Å². The highest BCUT2D eigenvalue weighted by Crippen LogP contribution is 2.34. The summed E-state index contributed by atoms with van der Waals surface area (Å²) in [5.41, 5.74) is 4.94. The number of fused-ring (bicyclic) bond motifs is 4. The van der Waals surface area contributed by atoms with E-state index in [1.54, 1.807) is 4.52 Å². The van der Waals surface area contributed by atoms with Gasteiger partial charge in [0.25, 0.3) is 5.56 Å². The molecule has 4 heterocycles. The number of nitrogens with zero attached hydrogens (tertiary/aromatic N) is 3. The SMILES string of the molecule is Cc1cc2nc3c(c(=O)n2[nH]1)C[C@@H]1CC[C@H](C3)N1Cc1ccc(OC(C)C)cc1. The second kappa shape index (κ2) is 7.02. The number of aryl methyl sites for hydroxylation is 1. The molecule has 2 aliphatic rings. The zero-order valence-corrected chi connectivity index (χ0v) is 17.3. The van der Waals surface area contributed by atoms with Gasteiger partial charge in [0.05, 0.1) is 11.8 Å². The molecular weight excluding hydrogens is 364 g/mol. The molecule has 2 aliphatic heterocycles. The van der Waals surface area contributed by atoms with Crippen molar-refractivity contribution in [3.8, 4) is 5.75 Å². The minimum atomic E-state index is 0.0702. The Balaban J connectivity index is 1.41. The van der Waals surface area contributed by atoms with Crippen molar-refractivity contribution < 1.29 is 4.74 Å². The maximum Gasteiger partial charge on any atom is 0.276 e. The van der Waals surface area contributed by atoms with Crippen molar-refractivity contribution in [2.24, 2.45) is 0 Å². The molecule has 1 N–H and O–H groups in total. The molecule has 6 heteroatoms. The molecule has 2 bridgehead atoms. The number of aromatic amines is 1. The van der Waals surface area contributed by atoms with Gasteiger partial charge in [0, 0.05) is 42.4 Å². The van der Waals surface area contributed by atoms with Crippen molar-refractivity contribution in [2.75, 3.05) is 0 Å². The number of rotatable bonds is 4. The van der Waals surface area contributed by atoms with Crippen molar-refractivity contribution in [3.05, 3.63) is 63.2 Å². The Bertz CT molecular complexity index is 1100. The third kappa shape index (κ3) is 3.35. The average Bonchev–Trinajstić information content (AvgIpc) is 3.17. The van der Waals surface area contributed by atoms with Gasteiger partial charge >= 0.3 is 0 Å². The number of hydrogen-bond acceptors (Lipinski definition) is 4.